The molecule has 4 heteroatoms. The van der Waals surface area contributed by atoms with Crippen LogP contribution in [-0.2, 0) is 6.54 Å². The number of aryl methyl sites for hydroxylation is 1. The van der Waals surface area contributed by atoms with E-state index < -0.39 is 0 Å². The average Bonchev–Trinajstić information content (AvgIpc) is 2.78. The Bertz CT molecular complexity index is 522. The number of halogens is 1. The third-order valence-corrected chi connectivity index (χ3v) is 3.20. The average molecular weight is 310 g/mol. The number of furan rings is 1. The summed E-state index contributed by atoms with van der Waals surface area (Å²) in [6.45, 7) is 3.41. The molecule has 1 heterocycles. The zero-order chi connectivity index (χ0) is 13.0. The number of rotatable bonds is 5. The number of nitrogens with one attached hydrogen (secondary N) is 1. The molecule has 0 aliphatic rings. The van der Waals surface area contributed by atoms with Crippen molar-refractivity contribution < 1.29 is 9.52 Å². The maximum Gasteiger partial charge on any atom is 0.134 e. The fourth-order valence-electron chi connectivity index (χ4n) is 1.81. The molecule has 3 nitrogen and oxygen atoms in total. The molecule has 0 spiro atoms. The van der Waals surface area contributed by atoms with Gasteiger partial charge in [-0.15, -0.1) is 0 Å². The van der Waals surface area contributed by atoms with Crippen molar-refractivity contribution in [2.24, 2.45) is 0 Å². The number of aliphatic hydroxyl groups excluding tert-OH is 1. The molecule has 0 amide bonds. The van der Waals surface area contributed by atoms with Crippen molar-refractivity contribution in [2.75, 3.05) is 13.2 Å². The first-order valence-electron chi connectivity index (χ1n) is 5.87. The van der Waals surface area contributed by atoms with E-state index in [1.54, 1.807) is 0 Å². The summed E-state index contributed by atoms with van der Waals surface area (Å²) >= 11 is 3.45. The van der Waals surface area contributed by atoms with Crippen LogP contribution in [0.5, 0.6) is 0 Å². The largest absolute Gasteiger partial charge is 0.460 e. The molecule has 0 atom stereocenters. The van der Waals surface area contributed by atoms with Crippen molar-refractivity contribution in [3.05, 3.63) is 46.1 Å². The Kier molecular flexibility index (Phi) is 4.58. The van der Waals surface area contributed by atoms with Gasteiger partial charge in [-0.1, -0.05) is 15.9 Å². The summed E-state index contributed by atoms with van der Waals surface area (Å²) in [7, 11) is 0. The molecular formula is C14H16BrNO2. The van der Waals surface area contributed by atoms with Crippen molar-refractivity contribution in [2.45, 2.75) is 13.5 Å². The Balaban J connectivity index is 2.13. The monoisotopic (exact) mass is 309 g/mol. The minimum atomic E-state index is 0.138. The van der Waals surface area contributed by atoms with Crippen LogP contribution in [0, 0.1) is 6.92 Å². The molecule has 0 fully saturated rings. The van der Waals surface area contributed by atoms with Crippen molar-refractivity contribution in [3.8, 4) is 11.3 Å². The molecule has 18 heavy (non-hydrogen) atoms. The first kappa shape index (κ1) is 13.3. The molecule has 0 unspecified atom stereocenters. The second-order valence-electron chi connectivity index (χ2n) is 4.13. The number of benzene rings is 1. The maximum atomic E-state index is 8.69. The number of hydrogen-bond donors (Lipinski definition) is 2. The van der Waals surface area contributed by atoms with Crippen LogP contribution in [0.4, 0.5) is 0 Å². The molecule has 1 aromatic carbocycles. The van der Waals surface area contributed by atoms with Gasteiger partial charge in [0.15, 0.2) is 0 Å². The zero-order valence-electron chi connectivity index (χ0n) is 10.2. The van der Waals surface area contributed by atoms with E-state index in [2.05, 4.69) is 34.2 Å². The van der Waals surface area contributed by atoms with E-state index in [-0.39, 0.29) is 6.61 Å². The third-order valence-electron chi connectivity index (χ3n) is 2.70. The van der Waals surface area contributed by atoms with Gasteiger partial charge < -0.3 is 14.8 Å². The SMILES string of the molecule is Cc1cc(Br)ccc1-c1ccc(CNCCO)o1. The van der Waals surface area contributed by atoms with E-state index in [9.17, 15) is 0 Å². The summed E-state index contributed by atoms with van der Waals surface area (Å²) in [5.74, 6) is 1.75. The van der Waals surface area contributed by atoms with Gasteiger partial charge >= 0.3 is 0 Å². The first-order chi connectivity index (χ1) is 8.70. The van der Waals surface area contributed by atoms with Crippen LogP contribution in [0.1, 0.15) is 11.3 Å². The van der Waals surface area contributed by atoms with Crippen molar-refractivity contribution in [3.63, 3.8) is 0 Å². The van der Waals surface area contributed by atoms with Gasteiger partial charge in [0.2, 0.25) is 0 Å². The van der Waals surface area contributed by atoms with Gasteiger partial charge in [-0.05, 0) is 42.8 Å². The summed E-state index contributed by atoms with van der Waals surface area (Å²) in [5.41, 5.74) is 2.28. The van der Waals surface area contributed by atoms with Crippen molar-refractivity contribution >= 4 is 15.9 Å². The summed E-state index contributed by atoms with van der Waals surface area (Å²) in [5, 5.41) is 11.8. The van der Waals surface area contributed by atoms with Crippen molar-refractivity contribution in [1.82, 2.24) is 5.32 Å². The Morgan fingerprint density at radius 3 is 2.83 bits per heavy atom. The van der Waals surface area contributed by atoms with Crippen LogP contribution in [0.15, 0.2) is 39.2 Å². The molecule has 2 N–H and O–H groups in total. The van der Waals surface area contributed by atoms with Gasteiger partial charge in [0.1, 0.15) is 11.5 Å². The highest BCUT2D eigenvalue weighted by Gasteiger charge is 2.07. The minimum absolute atomic E-state index is 0.138. The van der Waals surface area contributed by atoms with E-state index in [4.69, 9.17) is 9.52 Å². The Hall–Kier alpha value is -1.10. The van der Waals surface area contributed by atoms with Crippen LogP contribution in [-0.4, -0.2) is 18.3 Å². The molecule has 0 bridgehead atoms. The van der Waals surface area contributed by atoms with Gasteiger partial charge in [-0.25, -0.2) is 0 Å². The topological polar surface area (TPSA) is 45.4 Å². The normalized spacial score (nSPS) is 10.8. The lowest BCUT2D eigenvalue weighted by atomic mass is 10.1. The lowest BCUT2D eigenvalue weighted by molar-refractivity contribution is 0.290. The van der Waals surface area contributed by atoms with Gasteiger partial charge in [0.05, 0.1) is 13.2 Å². The van der Waals surface area contributed by atoms with Gasteiger partial charge in [-0.3, -0.25) is 0 Å². The number of hydrogen-bond acceptors (Lipinski definition) is 3. The van der Waals surface area contributed by atoms with Crippen molar-refractivity contribution in [1.29, 1.82) is 0 Å². The number of aliphatic hydroxyl groups is 1. The van der Waals surface area contributed by atoms with Gasteiger partial charge in [0, 0.05) is 16.6 Å². The van der Waals surface area contributed by atoms with E-state index in [0.717, 1.165) is 21.6 Å². The molecule has 0 radical (unpaired) electrons. The molecule has 0 saturated heterocycles. The standard InChI is InChI=1S/C14H16BrNO2/c1-10-8-11(15)2-4-13(10)14-5-3-12(18-14)9-16-6-7-17/h2-5,8,16-17H,6-7,9H2,1H3. The van der Waals surface area contributed by atoms with Crippen LogP contribution >= 0.6 is 15.9 Å². The quantitative estimate of drug-likeness (QED) is 0.834. The van der Waals surface area contributed by atoms with E-state index >= 15 is 0 Å². The van der Waals surface area contributed by atoms with Crippen LogP contribution in [0.25, 0.3) is 11.3 Å². The van der Waals surface area contributed by atoms with E-state index in [1.807, 2.05) is 24.3 Å². The van der Waals surface area contributed by atoms with Crippen LogP contribution in [0.2, 0.25) is 0 Å². The van der Waals surface area contributed by atoms with Crippen LogP contribution in [0.3, 0.4) is 0 Å². The first-order valence-corrected chi connectivity index (χ1v) is 6.67. The predicted octanol–water partition coefficient (Wildman–Crippen LogP) is 3.10. The van der Waals surface area contributed by atoms with E-state index in [0.29, 0.717) is 13.1 Å². The second kappa shape index (κ2) is 6.18. The molecule has 96 valence electrons. The third kappa shape index (κ3) is 3.22. The minimum Gasteiger partial charge on any atom is -0.460 e. The highest BCUT2D eigenvalue weighted by molar-refractivity contribution is 9.10. The Morgan fingerprint density at radius 2 is 2.11 bits per heavy atom. The zero-order valence-corrected chi connectivity index (χ0v) is 11.8. The highest BCUT2D eigenvalue weighted by atomic mass is 79.9. The fraction of sp³-hybridized carbons (Fsp3) is 0.286. The molecule has 1 aromatic heterocycles. The molecule has 0 aliphatic carbocycles. The molecule has 0 saturated carbocycles. The summed E-state index contributed by atoms with van der Waals surface area (Å²) in [6.07, 6.45) is 0. The summed E-state index contributed by atoms with van der Waals surface area (Å²) in [6, 6.07) is 10.1. The molecule has 2 aromatic rings. The Morgan fingerprint density at radius 1 is 1.28 bits per heavy atom. The molecule has 0 aliphatic heterocycles. The molecular weight excluding hydrogens is 294 g/mol. The molecule has 2 rings (SSSR count). The summed E-state index contributed by atoms with van der Waals surface area (Å²) < 4.78 is 6.85. The highest BCUT2D eigenvalue weighted by Crippen LogP contribution is 2.27. The van der Waals surface area contributed by atoms with Gasteiger partial charge in [-0.2, -0.15) is 0 Å². The maximum absolute atomic E-state index is 8.69. The lowest BCUT2D eigenvalue weighted by Crippen LogP contribution is -2.16. The smallest absolute Gasteiger partial charge is 0.134 e. The summed E-state index contributed by atoms with van der Waals surface area (Å²) in [4.78, 5) is 0. The fourth-order valence-corrected chi connectivity index (χ4v) is 2.29. The second-order valence-corrected chi connectivity index (χ2v) is 5.04. The van der Waals surface area contributed by atoms with Gasteiger partial charge in [0.25, 0.3) is 0 Å². The van der Waals surface area contributed by atoms with E-state index in [1.165, 1.54) is 5.56 Å². The lowest BCUT2D eigenvalue weighted by Gasteiger charge is -2.03. The van der Waals surface area contributed by atoms with Crippen LogP contribution < -0.4 is 5.32 Å². The predicted molar refractivity (Wildman–Crippen MR) is 75.4 cm³/mol. The Labute approximate surface area is 115 Å².